The van der Waals surface area contributed by atoms with Crippen LogP contribution < -0.4 is 4.90 Å². The quantitative estimate of drug-likeness (QED) is 0.539. The van der Waals surface area contributed by atoms with Gasteiger partial charge in [-0.2, -0.15) is 0 Å². The van der Waals surface area contributed by atoms with E-state index >= 15 is 0 Å². The van der Waals surface area contributed by atoms with Crippen molar-refractivity contribution in [1.82, 2.24) is 9.88 Å². The molecule has 3 amide bonds. The van der Waals surface area contributed by atoms with Crippen molar-refractivity contribution in [2.24, 2.45) is 0 Å². The van der Waals surface area contributed by atoms with Crippen LogP contribution >= 0.6 is 23.4 Å². The molecule has 0 atom stereocenters. The highest BCUT2D eigenvalue weighted by molar-refractivity contribution is 8.14. The summed E-state index contributed by atoms with van der Waals surface area (Å²) in [7, 11) is 0. The number of benzene rings is 2. The summed E-state index contributed by atoms with van der Waals surface area (Å²) in [5, 5.41) is 0.313. The van der Waals surface area contributed by atoms with Crippen molar-refractivity contribution in [1.29, 1.82) is 0 Å². The van der Waals surface area contributed by atoms with Crippen LogP contribution in [-0.2, 0) is 17.9 Å². The van der Waals surface area contributed by atoms with Gasteiger partial charge in [0.1, 0.15) is 0 Å². The number of carbonyl (C=O) groups is 3. The number of imide groups is 1. The minimum atomic E-state index is -0.264. The number of thioether (sulfide) groups is 1. The number of carbonyl (C=O) groups excluding carboxylic acids is 3. The molecule has 1 aliphatic heterocycles. The number of rotatable bonds is 6. The third kappa shape index (κ3) is 4.95. The molecule has 0 unspecified atom stereocenters. The van der Waals surface area contributed by atoms with E-state index in [2.05, 4.69) is 4.98 Å². The zero-order chi connectivity index (χ0) is 21.8. The van der Waals surface area contributed by atoms with Gasteiger partial charge >= 0.3 is 0 Å². The smallest absolute Gasteiger partial charge is 0.289 e. The number of pyridine rings is 1. The van der Waals surface area contributed by atoms with E-state index in [0.717, 1.165) is 17.5 Å². The fourth-order valence-electron chi connectivity index (χ4n) is 3.23. The van der Waals surface area contributed by atoms with Gasteiger partial charge in [-0.15, -0.1) is 0 Å². The van der Waals surface area contributed by atoms with Gasteiger partial charge in [-0.1, -0.05) is 41.6 Å². The first-order valence-corrected chi connectivity index (χ1v) is 10.9. The van der Waals surface area contributed by atoms with E-state index in [9.17, 15) is 14.4 Å². The SMILES string of the molecule is O=C1CSC(=O)N1Cc1cccc(C(=O)N(Cc2ccccn2)c2ccc(Cl)cc2)c1. The highest BCUT2D eigenvalue weighted by Gasteiger charge is 2.30. The Bertz CT molecular complexity index is 1110. The lowest BCUT2D eigenvalue weighted by molar-refractivity contribution is -0.125. The normalized spacial score (nSPS) is 13.5. The van der Waals surface area contributed by atoms with E-state index in [1.165, 1.54) is 4.90 Å². The predicted molar refractivity (Wildman–Crippen MR) is 121 cm³/mol. The summed E-state index contributed by atoms with van der Waals surface area (Å²) in [6.45, 7) is 0.429. The van der Waals surface area contributed by atoms with E-state index in [-0.39, 0.29) is 35.9 Å². The van der Waals surface area contributed by atoms with E-state index < -0.39 is 0 Å². The van der Waals surface area contributed by atoms with E-state index in [1.807, 2.05) is 18.2 Å². The van der Waals surface area contributed by atoms with Gasteiger partial charge in [0.25, 0.3) is 11.1 Å². The maximum absolute atomic E-state index is 13.5. The second kappa shape index (κ2) is 9.32. The second-order valence-electron chi connectivity index (χ2n) is 6.92. The Balaban J connectivity index is 1.62. The average molecular weight is 452 g/mol. The molecule has 0 N–H and O–H groups in total. The van der Waals surface area contributed by atoms with Crippen molar-refractivity contribution < 1.29 is 14.4 Å². The first-order chi connectivity index (χ1) is 15.0. The van der Waals surface area contributed by atoms with Gasteiger partial charge in [-0.3, -0.25) is 24.3 Å². The van der Waals surface area contributed by atoms with Gasteiger partial charge in [-0.25, -0.2) is 0 Å². The van der Waals surface area contributed by atoms with Crippen LogP contribution in [0.4, 0.5) is 10.5 Å². The number of anilines is 1. The zero-order valence-corrected chi connectivity index (χ0v) is 18.0. The average Bonchev–Trinajstić information content (AvgIpc) is 3.11. The van der Waals surface area contributed by atoms with Crippen LogP contribution in [0.25, 0.3) is 0 Å². The van der Waals surface area contributed by atoms with Gasteiger partial charge in [0.05, 0.1) is 24.5 Å². The molecule has 2 heterocycles. The summed E-state index contributed by atoms with van der Waals surface area (Å²) in [4.78, 5) is 44.5. The third-order valence-corrected chi connectivity index (χ3v) is 5.90. The van der Waals surface area contributed by atoms with Gasteiger partial charge < -0.3 is 4.90 Å². The Hall–Kier alpha value is -3.16. The van der Waals surface area contributed by atoms with Crippen molar-refractivity contribution in [2.45, 2.75) is 13.1 Å². The molecule has 1 aliphatic rings. The van der Waals surface area contributed by atoms with Crippen LogP contribution in [0.2, 0.25) is 5.02 Å². The standard InChI is InChI=1S/C23H18ClN3O3S/c24-18-7-9-20(10-8-18)26(14-19-6-1-2-11-25-19)22(29)17-5-3-4-16(12-17)13-27-21(28)15-31-23(27)30/h1-12H,13-15H2. The maximum atomic E-state index is 13.5. The molecule has 1 saturated heterocycles. The number of hydrogen-bond donors (Lipinski definition) is 0. The molecular formula is C23H18ClN3O3S. The molecule has 1 fully saturated rings. The molecule has 0 bridgehead atoms. The van der Waals surface area contributed by atoms with Gasteiger partial charge in [0.2, 0.25) is 5.91 Å². The summed E-state index contributed by atoms with van der Waals surface area (Å²) in [6, 6.07) is 19.6. The number of nitrogens with zero attached hydrogens (tertiary/aromatic N) is 3. The first-order valence-electron chi connectivity index (χ1n) is 9.54. The van der Waals surface area contributed by atoms with E-state index in [4.69, 9.17) is 11.6 Å². The minimum absolute atomic E-state index is 0.146. The number of amides is 3. The molecule has 31 heavy (non-hydrogen) atoms. The summed E-state index contributed by atoms with van der Waals surface area (Å²) < 4.78 is 0. The molecule has 8 heteroatoms. The van der Waals surface area contributed by atoms with E-state index in [0.29, 0.717) is 21.8 Å². The molecule has 156 valence electrons. The fourth-order valence-corrected chi connectivity index (χ4v) is 4.08. The Morgan fingerprint density at radius 3 is 2.55 bits per heavy atom. The maximum Gasteiger partial charge on any atom is 0.289 e. The molecular weight excluding hydrogens is 434 g/mol. The minimum Gasteiger partial charge on any atom is -0.302 e. The summed E-state index contributed by atoms with van der Waals surface area (Å²) >= 11 is 7.01. The second-order valence-corrected chi connectivity index (χ2v) is 8.29. The molecule has 4 rings (SSSR count). The molecule has 2 aromatic carbocycles. The Labute approximate surface area is 188 Å². The molecule has 6 nitrogen and oxygen atoms in total. The zero-order valence-electron chi connectivity index (χ0n) is 16.4. The van der Waals surface area contributed by atoms with Gasteiger partial charge in [0.15, 0.2) is 0 Å². The molecule has 0 aliphatic carbocycles. The Morgan fingerprint density at radius 1 is 1.06 bits per heavy atom. The highest BCUT2D eigenvalue weighted by atomic mass is 35.5. The molecule has 1 aromatic heterocycles. The van der Waals surface area contributed by atoms with Crippen molar-refractivity contribution in [2.75, 3.05) is 10.7 Å². The fraction of sp³-hybridized carbons (Fsp3) is 0.130. The molecule has 3 aromatic rings. The van der Waals surface area contributed by atoms with Gasteiger partial charge in [0, 0.05) is 22.5 Å². The lowest BCUT2D eigenvalue weighted by atomic mass is 10.1. The molecule has 0 saturated carbocycles. The summed E-state index contributed by atoms with van der Waals surface area (Å²) in [5.41, 5.74) is 2.60. The summed E-state index contributed by atoms with van der Waals surface area (Å²) in [5.74, 6) is -0.278. The predicted octanol–water partition coefficient (Wildman–Crippen LogP) is 4.78. The summed E-state index contributed by atoms with van der Waals surface area (Å²) in [6.07, 6.45) is 1.68. The van der Waals surface area contributed by atoms with Crippen molar-refractivity contribution in [3.05, 3.63) is 94.8 Å². The monoisotopic (exact) mass is 451 g/mol. The molecule has 0 radical (unpaired) electrons. The van der Waals surface area contributed by atoms with Crippen LogP contribution in [0.3, 0.4) is 0 Å². The topological polar surface area (TPSA) is 70.6 Å². The van der Waals surface area contributed by atoms with Gasteiger partial charge in [-0.05, 0) is 54.1 Å². The van der Waals surface area contributed by atoms with Crippen LogP contribution in [0.15, 0.2) is 72.9 Å². The van der Waals surface area contributed by atoms with Crippen molar-refractivity contribution >= 4 is 46.1 Å². The lowest BCUT2D eigenvalue weighted by Gasteiger charge is -2.23. The van der Waals surface area contributed by atoms with Crippen LogP contribution in [-0.4, -0.2) is 32.7 Å². The Morgan fingerprint density at radius 2 is 1.87 bits per heavy atom. The lowest BCUT2D eigenvalue weighted by Crippen LogP contribution is -2.31. The first kappa shape index (κ1) is 21.1. The highest BCUT2D eigenvalue weighted by Crippen LogP contribution is 2.24. The van der Waals surface area contributed by atoms with Crippen molar-refractivity contribution in [3.8, 4) is 0 Å². The van der Waals surface area contributed by atoms with Crippen LogP contribution in [0.1, 0.15) is 21.6 Å². The third-order valence-electron chi connectivity index (χ3n) is 4.78. The van der Waals surface area contributed by atoms with Crippen LogP contribution in [0.5, 0.6) is 0 Å². The van der Waals surface area contributed by atoms with Crippen LogP contribution in [0, 0.1) is 0 Å². The molecule has 0 spiro atoms. The van der Waals surface area contributed by atoms with E-state index in [1.54, 1.807) is 59.6 Å². The number of aromatic nitrogens is 1. The number of halogens is 1. The van der Waals surface area contributed by atoms with Crippen molar-refractivity contribution in [3.63, 3.8) is 0 Å². The largest absolute Gasteiger partial charge is 0.302 e. The number of hydrogen-bond acceptors (Lipinski definition) is 5. The Kier molecular flexibility index (Phi) is 6.34.